The van der Waals surface area contributed by atoms with E-state index in [1.807, 2.05) is 68.4 Å². The Bertz CT molecular complexity index is 1700. The van der Waals surface area contributed by atoms with Crippen LogP contribution < -0.4 is 14.4 Å². The van der Waals surface area contributed by atoms with Crippen LogP contribution in [0.2, 0.25) is 0 Å². The van der Waals surface area contributed by atoms with Crippen LogP contribution >= 0.6 is 0 Å². The van der Waals surface area contributed by atoms with E-state index < -0.39 is 16.1 Å². The van der Waals surface area contributed by atoms with E-state index in [1.54, 1.807) is 49.5 Å². The molecule has 1 saturated heterocycles. The van der Waals surface area contributed by atoms with E-state index in [9.17, 15) is 13.2 Å². The molecule has 1 atom stereocenters. The van der Waals surface area contributed by atoms with Gasteiger partial charge < -0.3 is 19.3 Å². The molecule has 5 rings (SSSR count). The van der Waals surface area contributed by atoms with Gasteiger partial charge in [0.1, 0.15) is 11.5 Å². The molecular formula is C34H39N5O5S. The second kappa shape index (κ2) is 14.1. The highest BCUT2D eigenvalue weighted by atomic mass is 32.2. The molecule has 0 radical (unpaired) electrons. The van der Waals surface area contributed by atoms with Gasteiger partial charge in [-0.15, -0.1) is 10.2 Å². The lowest BCUT2D eigenvalue weighted by Crippen LogP contribution is -2.45. The second-order valence-electron chi connectivity index (χ2n) is 11.0. The standard InChI is InChI=1S/C34H39N5O5S/c1-25-11-14-29(15-12-25)45(41,42)39(26(2)27-9-6-5-7-10-27)24-34(40)38-20-8-19-37(21-22-38)33-18-17-31(35-36-33)30-16-13-28(43-3)23-32(30)44-4/h5-7,9-18,23,26H,8,19-22,24H2,1-4H3. The Balaban J connectivity index is 1.30. The van der Waals surface area contributed by atoms with Crippen molar-refractivity contribution in [1.29, 1.82) is 0 Å². The number of carbonyl (C=O) groups excluding carboxylic acids is 1. The van der Waals surface area contributed by atoms with E-state index >= 15 is 0 Å². The minimum atomic E-state index is -3.96. The lowest BCUT2D eigenvalue weighted by Gasteiger charge is -2.31. The monoisotopic (exact) mass is 629 g/mol. The molecule has 0 N–H and O–H groups in total. The predicted molar refractivity (Wildman–Crippen MR) is 174 cm³/mol. The summed E-state index contributed by atoms with van der Waals surface area (Å²) < 4.78 is 39.9. The first-order valence-electron chi connectivity index (χ1n) is 14.9. The number of aryl methyl sites for hydroxylation is 1. The number of amides is 1. The van der Waals surface area contributed by atoms with E-state index in [0.717, 1.165) is 16.7 Å². The summed E-state index contributed by atoms with van der Waals surface area (Å²) >= 11 is 0. The Morgan fingerprint density at radius 3 is 2.31 bits per heavy atom. The van der Waals surface area contributed by atoms with Gasteiger partial charge in [-0.05, 0) is 62.2 Å². The van der Waals surface area contributed by atoms with Gasteiger partial charge in [0.15, 0.2) is 5.82 Å². The first-order valence-corrected chi connectivity index (χ1v) is 16.4. The molecule has 1 aliphatic heterocycles. The Morgan fingerprint density at radius 1 is 0.889 bits per heavy atom. The zero-order chi connectivity index (χ0) is 32.0. The van der Waals surface area contributed by atoms with Gasteiger partial charge in [-0.3, -0.25) is 4.79 Å². The Kier molecular flexibility index (Phi) is 9.99. The van der Waals surface area contributed by atoms with Crippen LogP contribution in [-0.4, -0.2) is 80.7 Å². The van der Waals surface area contributed by atoms with Gasteiger partial charge in [-0.25, -0.2) is 8.42 Å². The molecule has 3 aromatic carbocycles. The summed E-state index contributed by atoms with van der Waals surface area (Å²) in [6, 6.07) is 25.0. The second-order valence-corrected chi connectivity index (χ2v) is 12.9. The summed E-state index contributed by atoms with van der Waals surface area (Å²) in [5.74, 6) is 1.81. The number of methoxy groups -OCH3 is 2. The van der Waals surface area contributed by atoms with Crippen molar-refractivity contribution in [3.8, 4) is 22.8 Å². The van der Waals surface area contributed by atoms with Gasteiger partial charge in [0.25, 0.3) is 0 Å². The molecule has 1 aliphatic rings. The van der Waals surface area contributed by atoms with Crippen molar-refractivity contribution in [2.45, 2.75) is 31.2 Å². The molecule has 236 valence electrons. The molecule has 2 heterocycles. The quantitative estimate of drug-likeness (QED) is 0.243. The topological polar surface area (TPSA) is 105 Å². The molecule has 1 amide bonds. The van der Waals surface area contributed by atoms with Gasteiger partial charge >= 0.3 is 0 Å². The fourth-order valence-corrected chi connectivity index (χ4v) is 7.02. The van der Waals surface area contributed by atoms with Gasteiger partial charge in [0, 0.05) is 43.9 Å². The molecule has 0 spiro atoms. The molecular weight excluding hydrogens is 590 g/mol. The SMILES string of the molecule is COc1ccc(-c2ccc(N3CCCN(C(=O)CN(C(C)c4ccccc4)S(=O)(=O)c4ccc(C)cc4)CC3)nn2)c(OC)c1. The van der Waals surface area contributed by atoms with Crippen LogP contribution in [0.15, 0.2) is 89.8 Å². The number of rotatable bonds is 10. The number of hydrogen-bond donors (Lipinski definition) is 0. The number of ether oxygens (including phenoxy) is 2. The maximum absolute atomic E-state index is 13.9. The van der Waals surface area contributed by atoms with Crippen LogP contribution in [0.3, 0.4) is 0 Å². The zero-order valence-corrected chi connectivity index (χ0v) is 26.9. The van der Waals surface area contributed by atoms with Crippen molar-refractivity contribution in [3.05, 3.63) is 96.1 Å². The molecule has 45 heavy (non-hydrogen) atoms. The lowest BCUT2D eigenvalue weighted by molar-refractivity contribution is -0.131. The van der Waals surface area contributed by atoms with E-state index in [0.29, 0.717) is 55.6 Å². The van der Waals surface area contributed by atoms with Crippen LogP contribution in [-0.2, 0) is 14.8 Å². The average Bonchev–Trinajstić information content (AvgIpc) is 3.34. The van der Waals surface area contributed by atoms with Crippen LogP contribution in [0.1, 0.15) is 30.5 Å². The molecule has 1 fully saturated rings. The Labute approximate surface area is 265 Å². The summed E-state index contributed by atoms with van der Waals surface area (Å²) in [7, 11) is -0.751. The van der Waals surface area contributed by atoms with Crippen LogP contribution in [0.4, 0.5) is 5.82 Å². The molecule has 0 aliphatic carbocycles. The first kappa shape index (κ1) is 31.9. The molecule has 4 aromatic rings. The van der Waals surface area contributed by atoms with E-state index in [2.05, 4.69) is 15.1 Å². The molecule has 10 nitrogen and oxygen atoms in total. The Morgan fingerprint density at radius 2 is 1.64 bits per heavy atom. The molecule has 0 saturated carbocycles. The summed E-state index contributed by atoms with van der Waals surface area (Å²) in [4.78, 5) is 17.7. The first-order chi connectivity index (χ1) is 21.7. The lowest BCUT2D eigenvalue weighted by atomic mass is 10.1. The van der Waals surface area contributed by atoms with E-state index in [-0.39, 0.29) is 17.3 Å². The third-order valence-corrected chi connectivity index (χ3v) is 10.1. The van der Waals surface area contributed by atoms with Crippen molar-refractivity contribution >= 4 is 21.7 Å². The fourth-order valence-electron chi connectivity index (χ4n) is 5.45. The highest BCUT2D eigenvalue weighted by Crippen LogP contribution is 2.32. The van der Waals surface area contributed by atoms with Gasteiger partial charge in [-0.1, -0.05) is 48.0 Å². The van der Waals surface area contributed by atoms with Crippen molar-refractivity contribution < 1.29 is 22.7 Å². The number of sulfonamides is 1. The summed E-state index contributed by atoms with van der Waals surface area (Å²) in [6.45, 7) is 5.66. The molecule has 1 unspecified atom stereocenters. The third kappa shape index (κ3) is 7.26. The van der Waals surface area contributed by atoms with Crippen molar-refractivity contribution in [3.63, 3.8) is 0 Å². The highest BCUT2D eigenvalue weighted by molar-refractivity contribution is 7.89. The number of hydrogen-bond acceptors (Lipinski definition) is 8. The van der Waals surface area contributed by atoms with Crippen molar-refractivity contribution in [1.82, 2.24) is 19.4 Å². The van der Waals surface area contributed by atoms with Crippen LogP contribution in [0, 0.1) is 6.92 Å². The van der Waals surface area contributed by atoms with Gasteiger partial charge in [0.2, 0.25) is 15.9 Å². The van der Waals surface area contributed by atoms with E-state index in [1.165, 1.54) is 4.31 Å². The number of aromatic nitrogens is 2. The summed E-state index contributed by atoms with van der Waals surface area (Å²) in [5.41, 5.74) is 3.26. The van der Waals surface area contributed by atoms with Crippen molar-refractivity contribution in [2.75, 3.05) is 51.8 Å². The highest BCUT2D eigenvalue weighted by Gasteiger charge is 2.33. The third-order valence-electron chi connectivity index (χ3n) is 8.14. The minimum absolute atomic E-state index is 0.167. The number of carbonyl (C=O) groups is 1. The zero-order valence-electron chi connectivity index (χ0n) is 26.1. The predicted octanol–water partition coefficient (Wildman–Crippen LogP) is 4.96. The van der Waals surface area contributed by atoms with Crippen LogP contribution in [0.5, 0.6) is 11.5 Å². The largest absolute Gasteiger partial charge is 0.497 e. The van der Waals surface area contributed by atoms with Crippen molar-refractivity contribution in [2.24, 2.45) is 0 Å². The van der Waals surface area contributed by atoms with Gasteiger partial charge in [0.05, 0.1) is 31.4 Å². The van der Waals surface area contributed by atoms with E-state index in [4.69, 9.17) is 9.47 Å². The normalized spacial score (nSPS) is 14.6. The summed E-state index contributed by atoms with van der Waals surface area (Å²) in [5, 5.41) is 8.94. The van der Waals surface area contributed by atoms with Crippen LogP contribution in [0.25, 0.3) is 11.3 Å². The minimum Gasteiger partial charge on any atom is -0.497 e. The number of anilines is 1. The Hall–Kier alpha value is -4.48. The smallest absolute Gasteiger partial charge is 0.244 e. The maximum atomic E-state index is 13.9. The molecule has 0 bridgehead atoms. The van der Waals surface area contributed by atoms with Gasteiger partial charge in [-0.2, -0.15) is 4.31 Å². The molecule has 11 heteroatoms. The fraction of sp³-hybridized carbons (Fsp3) is 0.324. The number of benzene rings is 3. The number of nitrogens with zero attached hydrogens (tertiary/aromatic N) is 5. The average molecular weight is 630 g/mol. The molecule has 1 aromatic heterocycles. The maximum Gasteiger partial charge on any atom is 0.244 e. The summed E-state index contributed by atoms with van der Waals surface area (Å²) in [6.07, 6.45) is 0.709.